The summed E-state index contributed by atoms with van der Waals surface area (Å²) in [6.45, 7) is 11.6. The monoisotopic (exact) mass is 395 g/mol. The number of nitrogens with zero attached hydrogens (tertiary/aromatic N) is 1. The molecule has 0 aliphatic rings. The van der Waals surface area contributed by atoms with Crippen LogP contribution in [0.5, 0.6) is 5.75 Å². The summed E-state index contributed by atoms with van der Waals surface area (Å²) in [4.78, 5) is 26.4. The van der Waals surface area contributed by atoms with E-state index < -0.39 is 0 Å². The topological polar surface area (TPSA) is 70.7 Å². The van der Waals surface area contributed by atoms with Gasteiger partial charge in [0.05, 0.1) is 13.2 Å². The number of nitrogens with one attached hydrogen (secondary N) is 2. The molecule has 0 aliphatic heterocycles. The number of carbonyl (C=O) groups excluding carboxylic acids is 2. The molecule has 0 bridgehead atoms. The standard InChI is InChI=1S/C23H29N3O3/c1-5-26(16-17(3)4)22(27)15-24-19-9-7-18(8-10-19)23(28)25-20-11-13-21(14-12-20)29-6-2/h7-14,24H,3,5-6,15-16H2,1-2,4H3,(H,25,28). The number of anilines is 2. The molecule has 0 radical (unpaired) electrons. The third-order valence-electron chi connectivity index (χ3n) is 4.21. The molecule has 0 aromatic heterocycles. The average Bonchev–Trinajstić information content (AvgIpc) is 2.72. The summed E-state index contributed by atoms with van der Waals surface area (Å²) in [7, 11) is 0. The number of amides is 2. The predicted molar refractivity (Wildman–Crippen MR) is 118 cm³/mol. The van der Waals surface area contributed by atoms with Crippen LogP contribution in [-0.4, -0.2) is 43.0 Å². The van der Waals surface area contributed by atoms with Crippen molar-refractivity contribution in [3.05, 3.63) is 66.2 Å². The molecule has 0 saturated heterocycles. The SMILES string of the molecule is C=C(C)CN(CC)C(=O)CNc1ccc(C(=O)Nc2ccc(OCC)cc2)cc1. The van der Waals surface area contributed by atoms with E-state index in [0.717, 1.165) is 17.0 Å². The lowest BCUT2D eigenvalue weighted by atomic mass is 10.2. The van der Waals surface area contributed by atoms with Gasteiger partial charge in [-0.15, -0.1) is 0 Å². The fraction of sp³-hybridized carbons (Fsp3) is 0.304. The van der Waals surface area contributed by atoms with Gasteiger partial charge < -0.3 is 20.3 Å². The van der Waals surface area contributed by atoms with Gasteiger partial charge in [0.25, 0.3) is 5.91 Å². The number of ether oxygens (including phenoxy) is 1. The molecule has 29 heavy (non-hydrogen) atoms. The molecule has 2 rings (SSSR count). The van der Waals surface area contributed by atoms with Crippen molar-refractivity contribution >= 4 is 23.2 Å². The van der Waals surface area contributed by atoms with Crippen LogP contribution in [0, 0.1) is 0 Å². The summed E-state index contributed by atoms with van der Waals surface area (Å²) in [5.41, 5.74) is 2.96. The van der Waals surface area contributed by atoms with Crippen LogP contribution in [-0.2, 0) is 4.79 Å². The van der Waals surface area contributed by atoms with Crippen LogP contribution in [0.1, 0.15) is 31.1 Å². The second-order valence-electron chi connectivity index (χ2n) is 6.71. The second kappa shape index (κ2) is 10.9. The molecule has 0 spiro atoms. The first-order valence-electron chi connectivity index (χ1n) is 9.73. The Morgan fingerprint density at radius 2 is 1.62 bits per heavy atom. The molecule has 0 fully saturated rings. The Kier molecular flexibility index (Phi) is 8.27. The Morgan fingerprint density at radius 3 is 2.17 bits per heavy atom. The van der Waals surface area contributed by atoms with E-state index >= 15 is 0 Å². The van der Waals surface area contributed by atoms with Crippen molar-refractivity contribution in [3.63, 3.8) is 0 Å². The quantitative estimate of drug-likeness (QED) is 0.592. The first kappa shape index (κ1) is 22.0. The van der Waals surface area contributed by atoms with Crippen LogP contribution in [0.2, 0.25) is 0 Å². The molecule has 0 heterocycles. The predicted octanol–water partition coefficient (Wildman–Crippen LogP) is 4.17. The average molecular weight is 396 g/mol. The lowest BCUT2D eigenvalue weighted by Gasteiger charge is -2.21. The van der Waals surface area contributed by atoms with Crippen molar-refractivity contribution in [2.24, 2.45) is 0 Å². The van der Waals surface area contributed by atoms with Gasteiger partial charge in [-0.2, -0.15) is 0 Å². The van der Waals surface area contributed by atoms with Crippen LogP contribution in [0.15, 0.2) is 60.7 Å². The molecule has 0 unspecified atom stereocenters. The fourth-order valence-electron chi connectivity index (χ4n) is 2.74. The fourth-order valence-corrected chi connectivity index (χ4v) is 2.74. The van der Waals surface area contributed by atoms with E-state index in [1.54, 1.807) is 41.3 Å². The molecular formula is C23H29N3O3. The molecule has 2 amide bonds. The van der Waals surface area contributed by atoms with Crippen LogP contribution in [0.25, 0.3) is 0 Å². The maximum absolute atomic E-state index is 12.4. The van der Waals surface area contributed by atoms with Crippen LogP contribution in [0.3, 0.4) is 0 Å². The maximum Gasteiger partial charge on any atom is 0.255 e. The molecule has 2 aromatic carbocycles. The molecule has 2 N–H and O–H groups in total. The summed E-state index contributed by atoms with van der Waals surface area (Å²) >= 11 is 0. The molecule has 0 atom stereocenters. The van der Waals surface area contributed by atoms with Gasteiger partial charge in [-0.05, 0) is 69.3 Å². The highest BCUT2D eigenvalue weighted by Crippen LogP contribution is 2.17. The van der Waals surface area contributed by atoms with E-state index in [4.69, 9.17) is 4.74 Å². The first-order chi connectivity index (χ1) is 13.9. The molecule has 6 heteroatoms. The number of carbonyl (C=O) groups is 2. The van der Waals surface area contributed by atoms with Crippen molar-refractivity contribution in [2.75, 3.05) is 36.9 Å². The minimum absolute atomic E-state index is 0.00724. The third kappa shape index (κ3) is 6.99. The van der Waals surface area contributed by atoms with E-state index in [9.17, 15) is 9.59 Å². The van der Waals surface area contributed by atoms with Crippen LogP contribution in [0.4, 0.5) is 11.4 Å². The Balaban J connectivity index is 1.89. The molecular weight excluding hydrogens is 366 g/mol. The summed E-state index contributed by atoms with van der Waals surface area (Å²) < 4.78 is 5.39. The van der Waals surface area contributed by atoms with Crippen molar-refractivity contribution < 1.29 is 14.3 Å². The zero-order valence-electron chi connectivity index (χ0n) is 17.3. The van der Waals surface area contributed by atoms with Gasteiger partial charge in [-0.1, -0.05) is 12.2 Å². The summed E-state index contributed by atoms with van der Waals surface area (Å²) in [5.74, 6) is 0.573. The van der Waals surface area contributed by atoms with E-state index in [1.165, 1.54) is 0 Å². The third-order valence-corrected chi connectivity index (χ3v) is 4.21. The van der Waals surface area contributed by atoms with Gasteiger partial charge in [0, 0.05) is 30.0 Å². The highest BCUT2D eigenvalue weighted by atomic mass is 16.5. The lowest BCUT2D eigenvalue weighted by molar-refractivity contribution is -0.128. The molecule has 6 nitrogen and oxygen atoms in total. The largest absolute Gasteiger partial charge is 0.494 e. The number of hydrogen-bond donors (Lipinski definition) is 2. The van der Waals surface area contributed by atoms with Crippen LogP contribution < -0.4 is 15.4 Å². The number of likely N-dealkylation sites (N-methyl/N-ethyl adjacent to an activating group) is 1. The highest BCUT2D eigenvalue weighted by molar-refractivity contribution is 6.04. The van der Waals surface area contributed by atoms with Crippen molar-refractivity contribution in [3.8, 4) is 5.75 Å². The van der Waals surface area contributed by atoms with Gasteiger partial charge in [0.1, 0.15) is 5.75 Å². The van der Waals surface area contributed by atoms with Crippen molar-refractivity contribution in [2.45, 2.75) is 20.8 Å². The minimum atomic E-state index is -0.199. The van der Waals surface area contributed by atoms with Gasteiger partial charge in [0.15, 0.2) is 0 Å². The lowest BCUT2D eigenvalue weighted by Crippen LogP contribution is -2.36. The first-order valence-corrected chi connectivity index (χ1v) is 9.73. The molecule has 2 aromatic rings. The Bertz CT molecular complexity index is 829. The maximum atomic E-state index is 12.4. The van der Waals surface area contributed by atoms with Gasteiger partial charge in [-0.25, -0.2) is 0 Å². The summed E-state index contributed by atoms with van der Waals surface area (Å²) in [6, 6.07) is 14.3. The Labute approximate surface area is 172 Å². The summed E-state index contributed by atoms with van der Waals surface area (Å²) in [5, 5.41) is 5.95. The Morgan fingerprint density at radius 1 is 1.00 bits per heavy atom. The number of rotatable bonds is 10. The van der Waals surface area contributed by atoms with Gasteiger partial charge in [0.2, 0.25) is 5.91 Å². The van der Waals surface area contributed by atoms with Crippen molar-refractivity contribution in [1.29, 1.82) is 0 Å². The smallest absolute Gasteiger partial charge is 0.255 e. The van der Waals surface area contributed by atoms with E-state index in [2.05, 4.69) is 17.2 Å². The van der Waals surface area contributed by atoms with Crippen LogP contribution >= 0.6 is 0 Å². The van der Waals surface area contributed by atoms with E-state index in [0.29, 0.717) is 30.9 Å². The molecule has 154 valence electrons. The highest BCUT2D eigenvalue weighted by Gasteiger charge is 2.11. The normalized spacial score (nSPS) is 10.2. The number of hydrogen-bond acceptors (Lipinski definition) is 4. The Hall–Kier alpha value is -3.28. The minimum Gasteiger partial charge on any atom is -0.494 e. The van der Waals surface area contributed by atoms with Gasteiger partial charge >= 0.3 is 0 Å². The van der Waals surface area contributed by atoms with E-state index in [-0.39, 0.29) is 18.4 Å². The van der Waals surface area contributed by atoms with Crippen molar-refractivity contribution in [1.82, 2.24) is 4.90 Å². The van der Waals surface area contributed by atoms with E-state index in [1.807, 2.05) is 32.9 Å². The molecule has 0 saturated carbocycles. The van der Waals surface area contributed by atoms with Gasteiger partial charge in [-0.3, -0.25) is 9.59 Å². The molecule has 0 aliphatic carbocycles. The summed E-state index contributed by atoms with van der Waals surface area (Å²) in [6.07, 6.45) is 0. The number of benzene rings is 2. The second-order valence-corrected chi connectivity index (χ2v) is 6.71. The zero-order valence-corrected chi connectivity index (χ0v) is 17.3. The zero-order chi connectivity index (χ0) is 21.2.